The summed E-state index contributed by atoms with van der Waals surface area (Å²) in [7, 11) is 3.56. The van der Waals surface area contributed by atoms with Gasteiger partial charge < -0.3 is 0 Å². The second-order valence-corrected chi connectivity index (χ2v) is 7.27. The first kappa shape index (κ1) is 13.8. The fourth-order valence-corrected chi connectivity index (χ4v) is 2.59. The monoisotopic (exact) mass is 251 g/mol. The Hall–Kier alpha value is -0.273. The number of rotatable bonds is 0. The topological polar surface area (TPSA) is 0 Å². The Morgan fingerprint density at radius 2 is 1.44 bits per heavy atom. The highest BCUT2D eigenvalue weighted by atomic mass is 35.5. The molecule has 1 aromatic carbocycles. The van der Waals surface area contributed by atoms with Crippen LogP contribution in [0.4, 0.5) is 0 Å². The molecular formula is C14H20ClSi. The van der Waals surface area contributed by atoms with E-state index in [0.29, 0.717) is 0 Å². The fraction of sp³-hybridized carbons (Fsp3) is 0.571. The number of benzene rings is 1. The van der Waals surface area contributed by atoms with Crippen LogP contribution in [0.5, 0.6) is 0 Å². The lowest BCUT2D eigenvalue weighted by Gasteiger charge is -2.31. The van der Waals surface area contributed by atoms with Crippen LogP contribution in [0.25, 0.3) is 0 Å². The molecule has 3 radical (unpaired) electrons. The molecule has 0 nitrogen and oxygen atoms in total. The van der Waals surface area contributed by atoms with Crippen molar-refractivity contribution in [3.8, 4) is 0 Å². The standard InChI is InChI=1S/C14H20ClSi/c1-13(2,3)9-7-8-10(16)12(15)11(9)14(4,5)6/h7-8H,1-6H3. The van der Waals surface area contributed by atoms with Gasteiger partial charge in [-0.1, -0.05) is 65.3 Å². The Kier molecular flexibility index (Phi) is 3.61. The molecule has 1 rings (SSSR count). The lowest BCUT2D eigenvalue weighted by Crippen LogP contribution is -2.25. The van der Waals surface area contributed by atoms with E-state index < -0.39 is 0 Å². The lowest BCUT2D eigenvalue weighted by atomic mass is 9.75. The molecule has 0 aliphatic heterocycles. The van der Waals surface area contributed by atoms with E-state index in [1.165, 1.54) is 11.1 Å². The van der Waals surface area contributed by atoms with Crippen LogP contribution < -0.4 is 5.19 Å². The molecule has 0 bridgehead atoms. The highest BCUT2D eigenvalue weighted by Gasteiger charge is 2.27. The largest absolute Gasteiger partial charge is 0.0842 e. The Labute approximate surface area is 108 Å². The minimum absolute atomic E-state index is 0.0579. The van der Waals surface area contributed by atoms with Crippen molar-refractivity contribution in [2.24, 2.45) is 0 Å². The first-order chi connectivity index (χ1) is 7.05. The summed E-state index contributed by atoms with van der Waals surface area (Å²) in [6.07, 6.45) is 0. The van der Waals surface area contributed by atoms with E-state index in [9.17, 15) is 0 Å². The van der Waals surface area contributed by atoms with Gasteiger partial charge in [0.15, 0.2) is 0 Å². The normalized spacial score (nSPS) is 13.0. The molecule has 87 valence electrons. The molecule has 2 heteroatoms. The summed E-state index contributed by atoms with van der Waals surface area (Å²) in [5.74, 6) is 0. The molecule has 0 unspecified atom stereocenters. The Morgan fingerprint density at radius 1 is 0.938 bits per heavy atom. The molecule has 0 atom stereocenters. The van der Waals surface area contributed by atoms with Crippen LogP contribution in [-0.2, 0) is 10.8 Å². The first-order valence-electron chi connectivity index (χ1n) is 5.60. The first-order valence-corrected chi connectivity index (χ1v) is 6.48. The highest BCUT2D eigenvalue weighted by molar-refractivity contribution is 6.45. The highest BCUT2D eigenvalue weighted by Crippen LogP contribution is 2.37. The molecule has 0 amide bonds. The van der Waals surface area contributed by atoms with Gasteiger partial charge in [-0.3, -0.25) is 0 Å². The molecule has 0 aliphatic carbocycles. The van der Waals surface area contributed by atoms with Gasteiger partial charge in [0, 0.05) is 5.02 Å². The van der Waals surface area contributed by atoms with Crippen molar-refractivity contribution in [1.82, 2.24) is 0 Å². The minimum Gasteiger partial charge on any atom is -0.0842 e. The Balaban J connectivity index is 3.59. The average molecular weight is 252 g/mol. The quantitative estimate of drug-likeness (QED) is 0.617. The molecule has 0 aliphatic rings. The summed E-state index contributed by atoms with van der Waals surface area (Å²) >= 11 is 6.44. The van der Waals surface area contributed by atoms with E-state index in [2.05, 4.69) is 57.9 Å². The van der Waals surface area contributed by atoms with Crippen molar-refractivity contribution < 1.29 is 0 Å². The van der Waals surface area contributed by atoms with Crippen molar-refractivity contribution in [2.45, 2.75) is 52.4 Å². The maximum Gasteiger partial charge on any atom is 0.0733 e. The maximum absolute atomic E-state index is 6.44. The molecule has 0 N–H and O–H groups in total. The Morgan fingerprint density at radius 3 is 1.81 bits per heavy atom. The van der Waals surface area contributed by atoms with Gasteiger partial charge in [-0.2, -0.15) is 0 Å². The van der Waals surface area contributed by atoms with Crippen molar-refractivity contribution in [2.75, 3.05) is 0 Å². The van der Waals surface area contributed by atoms with Crippen LogP contribution in [0, 0.1) is 0 Å². The van der Waals surface area contributed by atoms with E-state index in [-0.39, 0.29) is 10.8 Å². The van der Waals surface area contributed by atoms with Gasteiger partial charge in [-0.25, -0.2) is 0 Å². The zero-order valence-electron chi connectivity index (χ0n) is 11.0. The fourth-order valence-electron chi connectivity index (χ4n) is 1.93. The summed E-state index contributed by atoms with van der Waals surface area (Å²) in [5.41, 5.74) is 2.75. The van der Waals surface area contributed by atoms with Crippen LogP contribution in [0.1, 0.15) is 52.7 Å². The van der Waals surface area contributed by atoms with Crippen LogP contribution in [0.3, 0.4) is 0 Å². The van der Waals surface area contributed by atoms with Gasteiger partial charge in [0.05, 0.1) is 10.2 Å². The molecule has 0 saturated carbocycles. The number of halogens is 1. The SMILES string of the molecule is CC(C)(C)c1ccc([Si])c(Cl)c1C(C)(C)C. The number of hydrogen-bond acceptors (Lipinski definition) is 0. The molecule has 0 heterocycles. The van der Waals surface area contributed by atoms with E-state index in [4.69, 9.17) is 11.6 Å². The molecule has 0 saturated heterocycles. The predicted octanol–water partition coefficient (Wildman–Crippen LogP) is 3.73. The van der Waals surface area contributed by atoms with E-state index >= 15 is 0 Å². The van der Waals surface area contributed by atoms with Crippen LogP contribution in [-0.4, -0.2) is 10.2 Å². The third-order valence-corrected chi connectivity index (χ3v) is 3.67. The third kappa shape index (κ3) is 2.69. The summed E-state index contributed by atoms with van der Waals surface area (Å²) in [6.45, 7) is 13.3. The summed E-state index contributed by atoms with van der Waals surface area (Å²) in [6, 6.07) is 4.21. The average Bonchev–Trinajstić information content (AvgIpc) is 2.05. The van der Waals surface area contributed by atoms with E-state index in [0.717, 1.165) is 10.2 Å². The van der Waals surface area contributed by atoms with Crippen LogP contribution >= 0.6 is 11.6 Å². The molecule has 16 heavy (non-hydrogen) atoms. The van der Waals surface area contributed by atoms with Crippen molar-refractivity contribution >= 4 is 27.0 Å². The van der Waals surface area contributed by atoms with Gasteiger partial charge in [-0.15, -0.1) is 0 Å². The zero-order chi connectivity index (χ0) is 12.7. The second-order valence-electron chi connectivity index (χ2n) is 6.35. The summed E-state index contributed by atoms with van der Waals surface area (Å²) in [4.78, 5) is 0. The molecular weight excluding hydrogens is 232 g/mol. The van der Waals surface area contributed by atoms with Gasteiger partial charge in [0.2, 0.25) is 0 Å². The van der Waals surface area contributed by atoms with Crippen LogP contribution in [0.2, 0.25) is 5.02 Å². The molecule has 0 spiro atoms. The van der Waals surface area contributed by atoms with E-state index in [1.54, 1.807) is 0 Å². The summed E-state index contributed by atoms with van der Waals surface area (Å²) < 4.78 is 0. The second kappa shape index (κ2) is 4.19. The molecule has 0 aromatic heterocycles. The zero-order valence-corrected chi connectivity index (χ0v) is 12.8. The maximum atomic E-state index is 6.44. The molecule has 0 fully saturated rings. The van der Waals surface area contributed by atoms with Crippen molar-refractivity contribution in [3.63, 3.8) is 0 Å². The minimum atomic E-state index is 0.0579. The molecule has 1 aromatic rings. The van der Waals surface area contributed by atoms with Gasteiger partial charge in [0.1, 0.15) is 0 Å². The Bertz CT molecular complexity index is 394. The lowest BCUT2D eigenvalue weighted by molar-refractivity contribution is 0.531. The number of hydrogen-bond donors (Lipinski definition) is 0. The van der Waals surface area contributed by atoms with Crippen molar-refractivity contribution in [1.29, 1.82) is 0 Å². The summed E-state index contributed by atoms with van der Waals surface area (Å²) in [5, 5.41) is 1.82. The predicted molar refractivity (Wildman–Crippen MR) is 74.2 cm³/mol. The van der Waals surface area contributed by atoms with Gasteiger partial charge in [0.25, 0.3) is 0 Å². The van der Waals surface area contributed by atoms with E-state index in [1.807, 2.05) is 6.07 Å². The smallest absolute Gasteiger partial charge is 0.0733 e. The van der Waals surface area contributed by atoms with Crippen LogP contribution in [0.15, 0.2) is 12.1 Å². The van der Waals surface area contributed by atoms with Gasteiger partial charge >= 0.3 is 0 Å². The van der Waals surface area contributed by atoms with Crippen molar-refractivity contribution in [3.05, 3.63) is 28.3 Å². The third-order valence-electron chi connectivity index (χ3n) is 2.70. The van der Waals surface area contributed by atoms with Gasteiger partial charge in [-0.05, 0) is 27.1 Å².